The molecule has 0 saturated carbocycles. The van der Waals surface area contributed by atoms with Crippen molar-refractivity contribution in [2.45, 2.75) is 58.4 Å². The largest absolute Gasteiger partial charge is 0.347 e. The molecule has 3 rings (SSSR count). The van der Waals surface area contributed by atoms with Crippen LogP contribution in [0.25, 0.3) is 10.9 Å². The van der Waals surface area contributed by atoms with Crippen LogP contribution in [0.4, 0.5) is 0 Å². The Kier molecular flexibility index (Phi) is 6.02. The van der Waals surface area contributed by atoms with Crippen LogP contribution in [0.15, 0.2) is 18.2 Å². The van der Waals surface area contributed by atoms with E-state index in [0.29, 0.717) is 0 Å². The zero-order valence-corrected chi connectivity index (χ0v) is 16.7. The van der Waals surface area contributed by atoms with Crippen molar-refractivity contribution in [3.63, 3.8) is 0 Å². The van der Waals surface area contributed by atoms with E-state index in [0.717, 1.165) is 6.54 Å². The Balaban J connectivity index is 1.63. The number of unbranched alkanes of at least 4 members (excludes halogenated alkanes) is 5. The molecule has 2 nitrogen and oxygen atoms in total. The summed E-state index contributed by atoms with van der Waals surface area (Å²) >= 11 is 2.43. The lowest BCUT2D eigenvalue weighted by Gasteiger charge is -2.27. The van der Waals surface area contributed by atoms with Crippen LogP contribution >= 0.6 is 22.6 Å². The molecule has 0 unspecified atom stereocenters. The lowest BCUT2D eigenvalue weighted by atomic mass is 10.0. The highest BCUT2D eigenvalue weighted by Crippen LogP contribution is 2.31. The van der Waals surface area contributed by atoms with E-state index in [4.69, 9.17) is 0 Å². The van der Waals surface area contributed by atoms with Crippen molar-refractivity contribution >= 4 is 33.5 Å². The second-order valence-electron chi connectivity index (χ2n) is 6.94. The van der Waals surface area contributed by atoms with Crippen LogP contribution in [0.1, 0.15) is 56.7 Å². The molecule has 0 bridgehead atoms. The van der Waals surface area contributed by atoms with E-state index >= 15 is 0 Å². The van der Waals surface area contributed by atoms with Gasteiger partial charge < -0.3 is 4.57 Å². The van der Waals surface area contributed by atoms with Gasteiger partial charge in [0.15, 0.2) is 0 Å². The molecule has 3 heteroatoms. The maximum Gasteiger partial charge on any atom is 0.0484 e. The highest BCUT2D eigenvalue weighted by atomic mass is 127. The van der Waals surface area contributed by atoms with Crippen molar-refractivity contribution in [3.8, 4) is 0 Å². The Morgan fingerprint density at radius 2 is 1.87 bits per heavy atom. The Bertz CT molecular complexity index is 659. The molecule has 0 fully saturated rings. The van der Waals surface area contributed by atoms with Crippen LogP contribution in [0.3, 0.4) is 0 Å². The monoisotopic (exact) mass is 424 g/mol. The standard InChI is InChI=1S/C20H29IN2/c1-3-4-5-6-7-8-12-23-13-11-20-18(15-23)17-14-16(21)9-10-19(17)22(20)2/h9-10,14H,3-8,11-13,15H2,1-2H3. The minimum atomic E-state index is 1.14. The number of aryl methyl sites for hydroxylation is 1. The van der Waals surface area contributed by atoms with Crippen molar-refractivity contribution < 1.29 is 0 Å². The van der Waals surface area contributed by atoms with Gasteiger partial charge in [0.2, 0.25) is 0 Å². The molecule has 0 N–H and O–H groups in total. The fourth-order valence-electron chi connectivity index (χ4n) is 3.91. The molecule has 0 atom stereocenters. The minimum absolute atomic E-state index is 1.14. The van der Waals surface area contributed by atoms with Crippen molar-refractivity contribution in [1.82, 2.24) is 9.47 Å². The zero-order valence-electron chi connectivity index (χ0n) is 14.6. The van der Waals surface area contributed by atoms with Gasteiger partial charge in [-0.2, -0.15) is 0 Å². The normalized spacial score (nSPS) is 15.3. The van der Waals surface area contributed by atoms with Crippen LogP contribution in [0, 0.1) is 3.57 Å². The first-order valence-electron chi connectivity index (χ1n) is 9.18. The number of rotatable bonds is 7. The first-order valence-corrected chi connectivity index (χ1v) is 10.3. The van der Waals surface area contributed by atoms with Gasteiger partial charge in [-0.25, -0.2) is 0 Å². The van der Waals surface area contributed by atoms with Crippen LogP contribution in [-0.4, -0.2) is 22.6 Å². The Morgan fingerprint density at radius 3 is 2.70 bits per heavy atom. The van der Waals surface area contributed by atoms with Gasteiger partial charge in [-0.05, 0) is 59.3 Å². The highest BCUT2D eigenvalue weighted by molar-refractivity contribution is 14.1. The van der Waals surface area contributed by atoms with E-state index < -0.39 is 0 Å². The van der Waals surface area contributed by atoms with Crippen LogP contribution < -0.4 is 0 Å². The summed E-state index contributed by atoms with van der Waals surface area (Å²) in [4.78, 5) is 2.67. The summed E-state index contributed by atoms with van der Waals surface area (Å²) in [5.41, 5.74) is 4.54. The van der Waals surface area contributed by atoms with Gasteiger partial charge in [0.05, 0.1) is 0 Å². The van der Waals surface area contributed by atoms with Gasteiger partial charge in [0.25, 0.3) is 0 Å². The topological polar surface area (TPSA) is 8.17 Å². The molecule has 0 aliphatic carbocycles. The summed E-state index contributed by atoms with van der Waals surface area (Å²) in [7, 11) is 2.23. The summed E-state index contributed by atoms with van der Waals surface area (Å²) in [5.74, 6) is 0. The van der Waals surface area contributed by atoms with Crippen LogP contribution in [0.5, 0.6) is 0 Å². The quantitative estimate of drug-likeness (QED) is 0.421. The number of nitrogens with zero attached hydrogens (tertiary/aromatic N) is 2. The van der Waals surface area contributed by atoms with Gasteiger partial charge in [-0.1, -0.05) is 39.0 Å². The Hall–Kier alpha value is -0.550. The fraction of sp³-hybridized carbons (Fsp3) is 0.600. The third-order valence-electron chi connectivity index (χ3n) is 5.27. The molecule has 0 amide bonds. The zero-order chi connectivity index (χ0) is 16.2. The van der Waals surface area contributed by atoms with E-state index in [-0.39, 0.29) is 0 Å². The van der Waals surface area contributed by atoms with Gasteiger partial charge in [0, 0.05) is 46.7 Å². The number of halogens is 1. The van der Waals surface area contributed by atoms with E-state index in [9.17, 15) is 0 Å². The van der Waals surface area contributed by atoms with Crippen LogP contribution in [-0.2, 0) is 20.0 Å². The maximum absolute atomic E-state index is 2.67. The number of aromatic nitrogens is 1. The molecule has 0 spiro atoms. The van der Waals surface area contributed by atoms with Gasteiger partial charge in [-0.15, -0.1) is 0 Å². The van der Waals surface area contributed by atoms with E-state index in [2.05, 4.69) is 64.2 Å². The average molecular weight is 424 g/mol. The molecular formula is C20H29IN2. The van der Waals surface area contributed by atoms with Crippen molar-refractivity contribution in [3.05, 3.63) is 33.0 Å². The summed E-state index contributed by atoms with van der Waals surface area (Å²) in [5, 5.41) is 1.47. The predicted molar refractivity (Wildman–Crippen MR) is 108 cm³/mol. The lowest BCUT2D eigenvalue weighted by molar-refractivity contribution is 0.246. The van der Waals surface area contributed by atoms with Gasteiger partial charge >= 0.3 is 0 Å². The molecule has 2 aromatic rings. The third kappa shape index (κ3) is 3.93. The Morgan fingerprint density at radius 1 is 1.09 bits per heavy atom. The summed E-state index contributed by atoms with van der Waals surface area (Å²) in [6.07, 6.45) is 9.55. The predicted octanol–water partition coefficient (Wildman–Crippen LogP) is 5.50. The fourth-order valence-corrected chi connectivity index (χ4v) is 4.41. The SMILES string of the molecule is CCCCCCCCN1CCc2c(c3cc(I)ccc3n2C)C1. The van der Waals surface area contributed by atoms with Crippen molar-refractivity contribution in [2.75, 3.05) is 13.1 Å². The molecule has 2 heterocycles. The summed E-state index contributed by atoms with van der Waals surface area (Å²) < 4.78 is 3.76. The second kappa shape index (κ2) is 8.02. The average Bonchev–Trinajstić information content (AvgIpc) is 2.83. The minimum Gasteiger partial charge on any atom is -0.347 e. The van der Waals surface area contributed by atoms with E-state index in [1.54, 1.807) is 11.3 Å². The summed E-state index contributed by atoms with van der Waals surface area (Å²) in [6.45, 7) is 5.92. The molecule has 1 aromatic heterocycles. The van der Waals surface area contributed by atoms with Crippen molar-refractivity contribution in [1.29, 1.82) is 0 Å². The number of hydrogen-bond acceptors (Lipinski definition) is 1. The van der Waals surface area contributed by atoms with E-state index in [1.165, 1.54) is 72.5 Å². The molecular weight excluding hydrogens is 395 g/mol. The second-order valence-corrected chi connectivity index (χ2v) is 8.19. The van der Waals surface area contributed by atoms with E-state index in [1.807, 2.05) is 0 Å². The number of benzene rings is 1. The highest BCUT2D eigenvalue weighted by Gasteiger charge is 2.22. The van der Waals surface area contributed by atoms with Gasteiger partial charge in [-0.3, -0.25) is 4.90 Å². The third-order valence-corrected chi connectivity index (χ3v) is 5.94. The summed E-state index contributed by atoms with van der Waals surface area (Å²) in [6, 6.07) is 6.87. The number of fused-ring (bicyclic) bond motifs is 3. The Labute approximate surface area is 154 Å². The molecule has 1 aliphatic rings. The van der Waals surface area contributed by atoms with Gasteiger partial charge in [0.1, 0.15) is 0 Å². The molecule has 126 valence electrons. The lowest BCUT2D eigenvalue weighted by Crippen LogP contribution is -2.31. The first-order chi connectivity index (χ1) is 11.2. The molecule has 1 aliphatic heterocycles. The van der Waals surface area contributed by atoms with Crippen molar-refractivity contribution in [2.24, 2.45) is 7.05 Å². The maximum atomic E-state index is 2.67. The smallest absolute Gasteiger partial charge is 0.0484 e. The number of hydrogen-bond donors (Lipinski definition) is 0. The molecule has 1 aromatic carbocycles. The van der Waals surface area contributed by atoms with Crippen LogP contribution in [0.2, 0.25) is 0 Å². The molecule has 0 saturated heterocycles. The molecule has 23 heavy (non-hydrogen) atoms. The first kappa shape index (κ1) is 17.3. The molecule has 0 radical (unpaired) electrons.